The number of hydrogen-bond acceptors (Lipinski definition) is 2. The number of urea groups is 1. The molecular formula is C14H19N3O. The molecule has 0 spiro atoms. The number of anilines is 1. The molecule has 96 valence electrons. The number of nitrogens with zero attached hydrogens (tertiary/aromatic N) is 1. The van der Waals surface area contributed by atoms with E-state index in [0.29, 0.717) is 13.1 Å². The molecule has 0 aliphatic heterocycles. The monoisotopic (exact) mass is 245 g/mol. The van der Waals surface area contributed by atoms with Crippen molar-refractivity contribution >= 4 is 11.7 Å². The zero-order valence-corrected chi connectivity index (χ0v) is 11.1. The Hall–Kier alpha value is -2.15. The Kier molecular flexibility index (Phi) is 5.59. The summed E-state index contributed by atoms with van der Waals surface area (Å²) in [5.74, 6) is 6.00. The Balaban J connectivity index is 2.60. The van der Waals surface area contributed by atoms with Crippen LogP contribution < -0.4 is 15.5 Å². The second-order valence-electron chi connectivity index (χ2n) is 3.93. The van der Waals surface area contributed by atoms with Crippen LogP contribution in [-0.2, 0) is 0 Å². The lowest BCUT2D eigenvalue weighted by molar-refractivity contribution is 0.242. The van der Waals surface area contributed by atoms with Crippen LogP contribution in [0.25, 0.3) is 0 Å². The number of carbonyl (C=O) groups excluding carboxylic acids is 1. The predicted molar refractivity (Wildman–Crippen MR) is 74.7 cm³/mol. The molecule has 1 aromatic rings. The summed E-state index contributed by atoms with van der Waals surface area (Å²) in [5.41, 5.74) is 2.03. The Bertz CT molecular complexity index is 458. The van der Waals surface area contributed by atoms with Crippen molar-refractivity contribution in [2.45, 2.75) is 6.92 Å². The summed E-state index contributed by atoms with van der Waals surface area (Å²) in [6, 6.07) is 7.73. The van der Waals surface area contributed by atoms with E-state index >= 15 is 0 Å². The molecule has 0 saturated heterocycles. The van der Waals surface area contributed by atoms with Crippen LogP contribution in [0.15, 0.2) is 24.3 Å². The van der Waals surface area contributed by atoms with Gasteiger partial charge in [0, 0.05) is 26.2 Å². The van der Waals surface area contributed by atoms with E-state index in [1.54, 1.807) is 0 Å². The minimum atomic E-state index is -0.187. The topological polar surface area (TPSA) is 44.4 Å². The summed E-state index contributed by atoms with van der Waals surface area (Å²) in [7, 11) is 3.96. The van der Waals surface area contributed by atoms with Crippen molar-refractivity contribution in [3.63, 3.8) is 0 Å². The molecule has 18 heavy (non-hydrogen) atoms. The second kappa shape index (κ2) is 7.23. The van der Waals surface area contributed by atoms with Crippen LogP contribution in [0, 0.1) is 11.8 Å². The number of amides is 2. The van der Waals surface area contributed by atoms with Gasteiger partial charge >= 0.3 is 6.03 Å². The molecule has 0 atom stereocenters. The Morgan fingerprint density at radius 2 is 2.00 bits per heavy atom. The minimum absolute atomic E-state index is 0.187. The summed E-state index contributed by atoms with van der Waals surface area (Å²) in [6.45, 7) is 2.83. The summed E-state index contributed by atoms with van der Waals surface area (Å²) >= 11 is 0. The maximum atomic E-state index is 11.1. The lowest BCUT2D eigenvalue weighted by Crippen LogP contribution is -2.35. The maximum Gasteiger partial charge on any atom is 0.315 e. The maximum absolute atomic E-state index is 11.1. The van der Waals surface area contributed by atoms with Crippen molar-refractivity contribution in [1.29, 1.82) is 0 Å². The highest BCUT2D eigenvalue weighted by molar-refractivity contribution is 5.74. The van der Waals surface area contributed by atoms with Gasteiger partial charge in [-0.2, -0.15) is 0 Å². The van der Waals surface area contributed by atoms with Crippen molar-refractivity contribution in [3.05, 3.63) is 29.8 Å². The van der Waals surface area contributed by atoms with Gasteiger partial charge in [-0.25, -0.2) is 4.79 Å². The van der Waals surface area contributed by atoms with Crippen LogP contribution >= 0.6 is 0 Å². The highest BCUT2D eigenvalue weighted by Gasteiger charge is 1.99. The van der Waals surface area contributed by atoms with Crippen molar-refractivity contribution in [3.8, 4) is 11.8 Å². The van der Waals surface area contributed by atoms with Crippen molar-refractivity contribution in [2.75, 3.05) is 32.1 Å². The summed E-state index contributed by atoms with van der Waals surface area (Å²) in [5, 5.41) is 5.31. The van der Waals surface area contributed by atoms with E-state index in [1.165, 1.54) is 0 Å². The summed E-state index contributed by atoms with van der Waals surface area (Å²) < 4.78 is 0. The van der Waals surface area contributed by atoms with Gasteiger partial charge in [-0.15, -0.1) is 0 Å². The first-order valence-electron chi connectivity index (χ1n) is 5.92. The van der Waals surface area contributed by atoms with Crippen LogP contribution in [0.1, 0.15) is 12.5 Å². The zero-order valence-electron chi connectivity index (χ0n) is 11.1. The van der Waals surface area contributed by atoms with E-state index in [4.69, 9.17) is 0 Å². The molecule has 0 unspecified atom stereocenters. The van der Waals surface area contributed by atoms with Crippen molar-refractivity contribution < 1.29 is 4.79 Å². The molecule has 0 aliphatic rings. The molecule has 4 heteroatoms. The van der Waals surface area contributed by atoms with E-state index in [-0.39, 0.29) is 6.03 Å². The molecule has 4 nitrogen and oxygen atoms in total. The average Bonchev–Trinajstić information content (AvgIpc) is 2.35. The second-order valence-corrected chi connectivity index (χ2v) is 3.93. The zero-order chi connectivity index (χ0) is 13.4. The average molecular weight is 245 g/mol. The van der Waals surface area contributed by atoms with Gasteiger partial charge in [-0.05, 0) is 19.1 Å². The third-order valence-electron chi connectivity index (χ3n) is 2.28. The molecule has 0 saturated carbocycles. The van der Waals surface area contributed by atoms with Crippen molar-refractivity contribution in [2.24, 2.45) is 0 Å². The number of hydrogen-bond donors (Lipinski definition) is 2. The Labute approximate surface area is 108 Å². The van der Waals surface area contributed by atoms with E-state index in [2.05, 4.69) is 22.5 Å². The van der Waals surface area contributed by atoms with Crippen LogP contribution in [0.2, 0.25) is 0 Å². The van der Waals surface area contributed by atoms with Crippen LogP contribution in [0.3, 0.4) is 0 Å². The number of para-hydroxylation sites is 1. The fourth-order valence-corrected chi connectivity index (χ4v) is 1.46. The van der Waals surface area contributed by atoms with E-state index in [1.807, 2.05) is 50.2 Å². The van der Waals surface area contributed by atoms with Crippen LogP contribution in [0.4, 0.5) is 10.5 Å². The van der Waals surface area contributed by atoms with E-state index in [0.717, 1.165) is 11.3 Å². The standard InChI is InChI=1S/C14H19N3O/c1-4-15-14(18)16-11-7-9-12-8-5-6-10-13(12)17(2)3/h5-6,8,10H,4,11H2,1-3H3,(H2,15,16,18). The van der Waals surface area contributed by atoms with Gasteiger partial charge in [0.15, 0.2) is 0 Å². The summed E-state index contributed by atoms with van der Waals surface area (Å²) in [4.78, 5) is 13.1. The fraction of sp³-hybridized carbons (Fsp3) is 0.357. The molecule has 0 bridgehead atoms. The summed E-state index contributed by atoms with van der Waals surface area (Å²) in [6.07, 6.45) is 0. The van der Waals surface area contributed by atoms with Gasteiger partial charge in [0.2, 0.25) is 0 Å². The lowest BCUT2D eigenvalue weighted by Gasteiger charge is -2.13. The predicted octanol–water partition coefficient (Wildman–Crippen LogP) is 1.42. The Morgan fingerprint density at radius 3 is 2.67 bits per heavy atom. The number of rotatable bonds is 3. The number of nitrogens with one attached hydrogen (secondary N) is 2. The normalized spacial score (nSPS) is 9.06. The van der Waals surface area contributed by atoms with Crippen LogP contribution in [0.5, 0.6) is 0 Å². The molecule has 1 aromatic carbocycles. The third-order valence-corrected chi connectivity index (χ3v) is 2.28. The van der Waals surface area contributed by atoms with Gasteiger partial charge in [-0.3, -0.25) is 0 Å². The van der Waals surface area contributed by atoms with Gasteiger partial charge < -0.3 is 15.5 Å². The molecule has 0 aliphatic carbocycles. The number of benzene rings is 1. The highest BCUT2D eigenvalue weighted by atomic mass is 16.2. The molecule has 0 aromatic heterocycles. The third kappa shape index (κ3) is 4.38. The van der Waals surface area contributed by atoms with Crippen molar-refractivity contribution in [1.82, 2.24) is 10.6 Å². The SMILES string of the molecule is CCNC(=O)NCC#Cc1ccccc1N(C)C. The van der Waals surface area contributed by atoms with E-state index in [9.17, 15) is 4.79 Å². The number of carbonyl (C=O) groups is 1. The van der Waals surface area contributed by atoms with Gasteiger partial charge in [0.25, 0.3) is 0 Å². The van der Waals surface area contributed by atoms with Gasteiger partial charge in [-0.1, -0.05) is 24.0 Å². The molecular weight excluding hydrogens is 226 g/mol. The first kappa shape index (κ1) is 13.9. The molecule has 2 N–H and O–H groups in total. The molecule has 1 rings (SSSR count). The van der Waals surface area contributed by atoms with E-state index < -0.39 is 0 Å². The smallest absolute Gasteiger partial charge is 0.315 e. The lowest BCUT2D eigenvalue weighted by atomic mass is 10.1. The highest BCUT2D eigenvalue weighted by Crippen LogP contribution is 2.16. The largest absolute Gasteiger partial charge is 0.377 e. The first-order chi connectivity index (χ1) is 8.65. The minimum Gasteiger partial charge on any atom is -0.377 e. The molecule has 0 fully saturated rings. The molecule has 0 heterocycles. The van der Waals surface area contributed by atoms with Crippen LogP contribution in [-0.4, -0.2) is 33.2 Å². The van der Waals surface area contributed by atoms with Gasteiger partial charge in [0.05, 0.1) is 12.2 Å². The Morgan fingerprint density at radius 1 is 1.28 bits per heavy atom. The molecule has 0 radical (unpaired) electrons. The first-order valence-corrected chi connectivity index (χ1v) is 5.92. The molecule has 2 amide bonds. The van der Waals surface area contributed by atoms with Gasteiger partial charge in [0.1, 0.15) is 0 Å². The fourth-order valence-electron chi connectivity index (χ4n) is 1.46. The quantitative estimate of drug-likeness (QED) is 0.791.